The molecule has 1 N–H and O–H groups in total. The van der Waals surface area contributed by atoms with Crippen LogP contribution in [-0.4, -0.2) is 69.9 Å². The van der Waals surface area contributed by atoms with Gasteiger partial charge in [0.15, 0.2) is 0 Å². The molecule has 2 amide bonds. The van der Waals surface area contributed by atoms with Crippen LogP contribution < -0.4 is 5.32 Å². The summed E-state index contributed by atoms with van der Waals surface area (Å²) in [6.07, 6.45) is 3.13. The zero-order valence-electron chi connectivity index (χ0n) is 18.0. The predicted octanol–water partition coefficient (Wildman–Crippen LogP) is 2.29. The third-order valence-corrected chi connectivity index (χ3v) is 4.93. The Labute approximate surface area is 177 Å². The SMILES string of the molecule is CC(C)(C)OC(=O)N[C@@H](C(=O)N1CCN(CCn2cccn2)CC1)c1ccccc1. The summed E-state index contributed by atoms with van der Waals surface area (Å²) in [5.74, 6) is -0.112. The lowest BCUT2D eigenvalue weighted by atomic mass is 10.1. The van der Waals surface area contributed by atoms with Crippen molar-refractivity contribution >= 4 is 12.0 Å². The van der Waals surface area contributed by atoms with E-state index in [2.05, 4.69) is 15.3 Å². The van der Waals surface area contributed by atoms with Crippen LogP contribution in [0.25, 0.3) is 0 Å². The van der Waals surface area contributed by atoms with Crippen LogP contribution in [0.4, 0.5) is 4.79 Å². The van der Waals surface area contributed by atoms with E-state index in [1.165, 1.54) is 0 Å². The van der Waals surface area contributed by atoms with Crippen LogP contribution in [0.2, 0.25) is 0 Å². The Morgan fingerprint density at radius 1 is 1.07 bits per heavy atom. The lowest BCUT2D eigenvalue weighted by Crippen LogP contribution is -2.52. The van der Waals surface area contributed by atoms with E-state index in [9.17, 15) is 9.59 Å². The smallest absolute Gasteiger partial charge is 0.408 e. The van der Waals surface area contributed by atoms with Gasteiger partial charge in [-0.2, -0.15) is 5.10 Å². The van der Waals surface area contributed by atoms with Crippen LogP contribution in [0.15, 0.2) is 48.8 Å². The molecule has 1 aromatic heterocycles. The molecule has 1 aliphatic rings. The molecule has 1 atom stereocenters. The third kappa shape index (κ3) is 6.32. The number of benzene rings is 1. The van der Waals surface area contributed by atoms with Crippen LogP contribution in [0.3, 0.4) is 0 Å². The number of nitrogens with one attached hydrogen (secondary N) is 1. The van der Waals surface area contributed by atoms with Crippen molar-refractivity contribution in [2.45, 2.75) is 39.0 Å². The van der Waals surface area contributed by atoms with Crippen molar-refractivity contribution < 1.29 is 14.3 Å². The van der Waals surface area contributed by atoms with Crippen molar-refractivity contribution in [1.29, 1.82) is 0 Å². The number of piperazine rings is 1. The Bertz CT molecular complexity index is 809. The molecular formula is C22H31N5O3. The third-order valence-electron chi connectivity index (χ3n) is 4.93. The van der Waals surface area contributed by atoms with Crippen molar-refractivity contribution in [3.05, 3.63) is 54.4 Å². The average molecular weight is 414 g/mol. The van der Waals surface area contributed by atoms with Crippen LogP contribution in [0, 0.1) is 0 Å². The molecule has 0 aliphatic carbocycles. The van der Waals surface area contributed by atoms with Crippen molar-refractivity contribution in [1.82, 2.24) is 24.9 Å². The van der Waals surface area contributed by atoms with Crippen LogP contribution >= 0.6 is 0 Å². The molecule has 8 nitrogen and oxygen atoms in total. The first-order chi connectivity index (χ1) is 14.3. The fraction of sp³-hybridized carbons (Fsp3) is 0.500. The summed E-state index contributed by atoms with van der Waals surface area (Å²) in [5.41, 5.74) is 0.114. The fourth-order valence-corrected chi connectivity index (χ4v) is 3.41. The van der Waals surface area contributed by atoms with Crippen molar-refractivity contribution in [3.8, 4) is 0 Å². The lowest BCUT2D eigenvalue weighted by molar-refractivity contribution is -0.135. The van der Waals surface area contributed by atoms with Gasteiger partial charge in [0.05, 0.1) is 6.54 Å². The second-order valence-electron chi connectivity index (χ2n) is 8.43. The molecule has 1 fully saturated rings. The molecule has 0 saturated carbocycles. The monoisotopic (exact) mass is 413 g/mol. The first-order valence-electron chi connectivity index (χ1n) is 10.3. The van der Waals surface area contributed by atoms with Gasteiger partial charge >= 0.3 is 6.09 Å². The zero-order chi connectivity index (χ0) is 21.6. The number of nitrogens with zero attached hydrogens (tertiary/aromatic N) is 4. The number of carbonyl (C=O) groups excluding carboxylic acids is 2. The van der Waals surface area contributed by atoms with E-state index < -0.39 is 17.7 Å². The summed E-state index contributed by atoms with van der Waals surface area (Å²) in [6.45, 7) is 9.95. The van der Waals surface area contributed by atoms with Gasteiger partial charge in [0.1, 0.15) is 11.6 Å². The Balaban J connectivity index is 1.60. The fourth-order valence-electron chi connectivity index (χ4n) is 3.41. The van der Waals surface area contributed by atoms with Gasteiger partial charge in [-0.3, -0.25) is 14.4 Å². The quantitative estimate of drug-likeness (QED) is 0.786. The van der Waals surface area contributed by atoms with Crippen LogP contribution in [-0.2, 0) is 16.1 Å². The normalized spacial score (nSPS) is 16.2. The van der Waals surface area contributed by atoms with Crippen molar-refractivity contribution in [2.75, 3.05) is 32.7 Å². The minimum absolute atomic E-state index is 0.112. The van der Waals surface area contributed by atoms with E-state index in [1.54, 1.807) is 27.0 Å². The second kappa shape index (κ2) is 9.75. The molecule has 3 rings (SSSR count). The van der Waals surface area contributed by atoms with Gasteiger partial charge in [0.25, 0.3) is 0 Å². The molecule has 1 saturated heterocycles. The number of hydrogen-bond acceptors (Lipinski definition) is 5. The van der Waals surface area contributed by atoms with Gasteiger partial charge in [-0.05, 0) is 32.4 Å². The second-order valence-corrected chi connectivity index (χ2v) is 8.43. The molecule has 0 unspecified atom stereocenters. The molecule has 30 heavy (non-hydrogen) atoms. The van der Waals surface area contributed by atoms with Crippen LogP contribution in [0.1, 0.15) is 32.4 Å². The summed E-state index contributed by atoms with van der Waals surface area (Å²) in [4.78, 5) is 29.8. The van der Waals surface area contributed by atoms with Gasteiger partial charge < -0.3 is 15.0 Å². The first-order valence-corrected chi connectivity index (χ1v) is 10.3. The minimum Gasteiger partial charge on any atom is -0.444 e. The number of rotatable bonds is 6. The number of carbonyl (C=O) groups is 2. The Kier molecular flexibility index (Phi) is 7.10. The van der Waals surface area contributed by atoms with Gasteiger partial charge in [-0.15, -0.1) is 0 Å². The highest BCUT2D eigenvalue weighted by atomic mass is 16.6. The molecule has 1 aliphatic heterocycles. The zero-order valence-corrected chi connectivity index (χ0v) is 18.0. The molecule has 1 aromatic carbocycles. The Morgan fingerprint density at radius 2 is 1.77 bits per heavy atom. The maximum atomic E-state index is 13.3. The summed E-state index contributed by atoms with van der Waals surface area (Å²) in [7, 11) is 0. The maximum Gasteiger partial charge on any atom is 0.408 e. The van der Waals surface area contributed by atoms with Gasteiger partial charge in [0.2, 0.25) is 5.91 Å². The summed E-state index contributed by atoms with van der Waals surface area (Å²) in [6, 6.07) is 10.4. The van der Waals surface area contributed by atoms with Crippen molar-refractivity contribution in [3.63, 3.8) is 0 Å². The number of ether oxygens (including phenoxy) is 1. The number of amides is 2. The number of hydrogen-bond donors (Lipinski definition) is 1. The van der Waals surface area contributed by atoms with E-state index in [0.717, 1.165) is 31.7 Å². The van der Waals surface area contributed by atoms with Crippen molar-refractivity contribution in [2.24, 2.45) is 0 Å². The molecule has 162 valence electrons. The molecule has 0 spiro atoms. The highest BCUT2D eigenvalue weighted by Crippen LogP contribution is 2.18. The Morgan fingerprint density at radius 3 is 2.37 bits per heavy atom. The highest BCUT2D eigenvalue weighted by Gasteiger charge is 2.31. The molecule has 0 radical (unpaired) electrons. The van der Waals surface area contributed by atoms with Gasteiger partial charge in [-0.1, -0.05) is 30.3 Å². The first kappa shape index (κ1) is 21.8. The highest BCUT2D eigenvalue weighted by molar-refractivity contribution is 5.87. The van der Waals surface area contributed by atoms with E-state index in [1.807, 2.05) is 52.2 Å². The van der Waals surface area contributed by atoms with Gasteiger partial charge in [-0.25, -0.2) is 4.79 Å². The predicted molar refractivity (Wildman–Crippen MR) is 114 cm³/mol. The topological polar surface area (TPSA) is 79.7 Å². The number of aromatic nitrogens is 2. The molecule has 2 heterocycles. The summed E-state index contributed by atoms with van der Waals surface area (Å²) < 4.78 is 7.28. The van der Waals surface area contributed by atoms with Gasteiger partial charge in [0, 0.05) is 45.1 Å². The summed E-state index contributed by atoms with van der Waals surface area (Å²) >= 11 is 0. The standard InChI is InChI=1S/C22H31N5O3/c1-22(2,3)30-21(29)24-19(18-8-5-4-6-9-18)20(28)26-15-12-25(13-16-26)14-17-27-11-7-10-23-27/h4-11,19H,12-17H2,1-3H3,(H,24,29)/t19-/m1/s1. The molecule has 8 heteroatoms. The lowest BCUT2D eigenvalue weighted by Gasteiger charge is -2.36. The van der Waals surface area contributed by atoms with Crippen LogP contribution in [0.5, 0.6) is 0 Å². The van der Waals surface area contributed by atoms with E-state index in [4.69, 9.17) is 4.74 Å². The molecule has 0 bridgehead atoms. The Hall–Kier alpha value is -2.87. The largest absolute Gasteiger partial charge is 0.444 e. The summed E-state index contributed by atoms with van der Waals surface area (Å²) in [5, 5.41) is 6.99. The minimum atomic E-state index is -0.767. The molecular weight excluding hydrogens is 382 g/mol. The average Bonchev–Trinajstić information content (AvgIpc) is 3.23. The van der Waals surface area contributed by atoms with E-state index in [-0.39, 0.29) is 5.91 Å². The van der Waals surface area contributed by atoms with E-state index >= 15 is 0 Å². The maximum absolute atomic E-state index is 13.3. The number of alkyl carbamates (subject to hydrolysis) is 1. The van der Waals surface area contributed by atoms with E-state index in [0.29, 0.717) is 13.1 Å². The molecule has 2 aromatic rings.